The smallest absolute Gasteiger partial charge is 0.356 e. The van der Waals surface area contributed by atoms with Crippen molar-refractivity contribution in [1.82, 2.24) is 14.9 Å². The third-order valence-corrected chi connectivity index (χ3v) is 6.89. The topological polar surface area (TPSA) is 73.8 Å². The summed E-state index contributed by atoms with van der Waals surface area (Å²) in [6.07, 6.45) is 0.741. The number of nitrogens with one attached hydrogen (secondary N) is 2. The Balaban J connectivity index is 1.84. The van der Waals surface area contributed by atoms with Crippen LogP contribution in [0.25, 0.3) is 0 Å². The van der Waals surface area contributed by atoms with Gasteiger partial charge in [0.25, 0.3) is 0 Å². The summed E-state index contributed by atoms with van der Waals surface area (Å²) in [5.41, 5.74) is -0.433. The van der Waals surface area contributed by atoms with E-state index in [1.54, 1.807) is 7.05 Å². The van der Waals surface area contributed by atoms with Gasteiger partial charge in [-0.1, -0.05) is 17.7 Å². The van der Waals surface area contributed by atoms with Crippen LogP contribution < -0.4 is 10.6 Å². The fraction of sp³-hybridized carbons (Fsp3) is 0.632. The molecule has 0 radical (unpaired) electrons. The number of halogens is 3. The van der Waals surface area contributed by atoms with Gasteiger partial charge in [-0.2, -0.15) is 17.5 Å². The summed E-state index contributed by atoms with van der Waals surface area (Å²) in [5.74, 6) is 0.686. The molecule has 0 unspecified atom stereocenters. The number of nitrogens with zero attached hydrogens (tertiary/aromatic N) is 2. The van der Waals surface area contributed by atoms with Crippen molar-refractivity contribution in [3.8, 4) is 0 Å². The first kappa shape index (κ1) is 23.5. The molecular formula is C19H29F3N4O2S. The van der Waals surface area contributed by atoms with Crippen molar-refractivity contribution in [2.75, 3.05) is 26.7 Å². The monoisotopic (exact) mass is 434 g/mol. The summed E-state index contributed by atoms with van der Waals surface area (Å²) >= 11 is 0. The molecule has 2 N–H and O–H groups in total. The first-order valence-corrected chi connectivity index (χ1v) is 11.0. The molecule has 0 atom stereocenters. The van der Waals surface area contributed by atoms with Crippen LogP contribution in [0.3, 0.4) is 0 Å². The zero-order valence-electron chi connectivity index (χ0n) is 17.2. The predicted octanol–water partition coefficient (Wildman–Crippen LogP) is 2.84. The van der Waals surface area contributed by atoms with Crippen LogP contribution in [0.15, 0.2) is 17.1 Å². The van der Waals surface area contributed by atoms with Gasteiger partial charge in [0.1, 0.15) is 0 Å². The molecule has 1 fully saturated rings. The van der Waals surface area contributed by atoms with Gasteiger partial charge in [-0.3, -0.25) is 4.99 Å². The van der Waals surface area contributed by atoms with E-state index in [1.807, 2.05) is 0 Å². The summed E-state index contributed by atoms with van der Waals surface area (Å²) in [6.45, 7) is 7.07. The second-order valence-electron chi connectivity index (χ2n) is 7.48. The fourth-order valence-electron chi connectivity index (χ4n) is 3.62. The maximum Gasteiger partial charge on any atom is 0.511 e. The highest BCUT2D eigenvalue weighted by Crippen LogP contribution is 2.30. The molecule has 0 saturated carbocycles. The summed E-state index contributed by atoms with van der Waals surface area (Å²) in [4.78, 5) is 4.19. The van der Waals surface area contributed by atoms with E-state index in [0.717, 1.165) is 0 Å². The molecule has 10 heteroatoms. The molecule has 0 aromatic heterocycles. The van der Waals surface area contributed by atoms with Crippen molar-refractivity contribution in [3.63, 3.8) is 0 Å². The third-order valence-electron chi connectivity index (χ3n) is 5.26. The minimum atomic E-state index is -5.24. The van der Waals surface area contributed by atoms with E-state index in [-0.39, 0.29) is 19.0 Å². The Bertz CT molecular complexity index is 822. The molecule has 164 valence electrons. The fourth-order valence-corrected chi connectivity index (χ4v) is 4.61. The Labute approximate surface area is 170 Å². The Hall–Kier alpha value is -1.81. The Morgan fingerprint density at radius 2 is 1.69 bits per heavy atom. The van der Waals surface area contributed by atoms with Crippen molar-refractivity contribution in [1.29, 1.82) is 0 Å². The van der Waals surface area contributed by atoms with Crippen molar-refractivity contribution in [2.24, 2.45) is 10.9 Å². The van der Waals surface area contributed by atoms with E-state index in [4.69, 9.17) is 0 Å². The maximum atomic E-state index is 12.7. The van der Waals surface area contributed by atoms with Gasteiger partial charge in [0.15, 0.2) is 5.96 Å². The lowest BCUT2D eigenvalue weighted by Gasteiger charge is -2.31. The molecule has 0 spiro atoms. The van der Waals surface area contributed by atoms with Crippen LogP contribution in [0, 0.1) is 26.7 Å². The van der Waals surface area contributed by atoms with Gasteiger partial charge >= 0.3 is 15.5 Å². The third kappa shape index (κ3) is 5.85. The molecule has 1 aromatic rings. The maximum absolute atomic E-state index is 12.7. The standard InChI is InChI=1S/C19H29F3N4O2S/c1-13-9-14(2)17(15(3)10-13)12-25-18(23-4)24-11-16-5-7-26(8-6-16)29(27,28)19(20,21)22/h9-10,16H,5-8,11-12H2,1-4H3,(H2,23,24,25). The summed E-state index contributed by atoms with van der Waals surface area (Å²) in [7, 11) is -3.58. The Kier molecular flexibility index (Phi) is 7.56. The van der Waals surface area contributed by atoms with E-state index in [2.05, 4.69) is 48.5 Å². The molecule has 6 nitrogen and oxygen atoms in total. The van der Waals surface area contributed by atoms with Crippen LogP contribution in [-0.4, -0.2) is 50.9 Å². The number of aliphatic imine (C=N–C) groups is 1. The van der Waals surface area contributed by atoms with Crippen molar-refractivity contribution in [3.05, 3.63) is 34.4 Å². The molecule has 0 amide bonds. The normalized spacial score (nSPS) is 17.4. The van der Waals surface area contributed by atoms with Crippen molar-refractivity contribution >= 4 is 16.0 Å². The number of piperidine rings is 1. The van der Waals surface area contributed by atoms with Crippen molar-refractivity contribution < 1.29 is 21.6 Å². The van der Waals surface area contributed by atoms with Gasteiger partial charge in [0, 0.05) is 33.2 Å². The lowest BCUT2D eigenvalue weighted by molar-refractivity contribution is -0.0496. The van der Waals surface area contributed by atoms with Gasteiger partial charge in [-0.15, -0.1) is 0 Å². The summed E-state index contributed by atoms with van der Waals surface area (Å²) in [6, 6.07) is 4.26. The zero-order valence-corrected chi connectivity index (χ0v) is 18.0. The number of aryl methyl sites for hydroxylation is 3. The zero-order chi connectivity index (χ0) is 21.8. The van der Waals surface area contributed by atoms with Gasteiger partial charge in [0.2, 0.25) is 0 Å². The summed E-state index contributed by atoms with van der Waals surface area (Å²) in [5, 5.41) is 6.46. The molecule has 1 saturated heterocycles. The highest BCUT2D eigenvalue weighted by molar-refractivity contribution is 7.90. The second-order valence-corrected chi connectivity index (χ2v) is 9.41. The largest absolute Gasteiger partial charge is 0.511 e. The number of guanidine groups is 1. The molecule has 1 aliphatic heterocycles. The van der Waals surface area contributed by atoms with Gasteiger partial charge < -0.3 is 10.6 Å². The molecule has 0 aliphatic carbocycles. The Morgan fingerprint density at radius 3 is 2.17 bits per heavy atom. The average Bonchev–Trinajstić information content (AvgIpc) is 2.62. The molecular weight excluding hydrogens is 405 g/mol. The van der Waals surface area contributed by atoms with Crippen LogP contribution in [0.1, 0.15) is 35.1 Å². The molecule has 1 heterocycles. The van der Waals surface area contributed by atoms with Crippen LogP contribution in [-0.2, 0) is 16.6 Å². The molecule has 1 aliphatic rings. The minimum absolute atomic E-state index is 0.0797. The van der Waals surface area contributed by atoms with E-state index >= 15 is 0 Å². The van der Waals surface area contributed by atoms with Crippen LogP contribution in [0.5, 0.6) is 0 Å². The quantitative estimate of drug-likeness (QED) is 0.552. The van der Waals surface area contributed by atoms with E-state index in [9.17, 15) is 21.6 Å². The van der Waals surface area contributed by atoms with E-state index in [1.165, 1.54) is 22.3 Å². The molecule has 2 rings (SSSR count). The number of sulfonamides is 1. The first-order chi connectivity index (χ1) is 13.5. The average molecular weight is 435 g/mol. The van der Waals surface area contributed by atoms with E-state index in [0.29, 0.717) is 36.2 Å². The number of alkyl halides is 3. The highest BCUT2D eigenvalue weighted by Gasteiger charge is 2.50. The van der Waals surface area contributed by atoms with Gasteiger partial charge in [-0.25, -0.2) is 8.42 Å². The van der Waals surface area contributed by atoms with Crippen LogP contribution >= 0.6 is 0 Å². The van der Waals surface area contributed by atoms with Gasteiger partial charge in [0.05, 0.1) is 0 Å². The first-order valence-electron chi connectivity index (χ1n) is 9.53. The number of hydrogen-bond donors (Lipinski definition) is 2. The SMILES string of the molecule is CN=C(NCc1c(C)cc(C)cc1C)NCC1CCN(S(=O)(=O)C(F)(F)F)CC1. The molecule has 29 heavy (non-hydrogen) atoms. The van der Waals surface area contributed by atoms with E-state index < -0.39 is 15.5 Å². The molecule has 1 aromatic carbocycles. The number of benzene rings is 1. The lowest BCUT2D eigenvalue weighted by Crippen LogP contribution is -2.47. The van der Waals surface area contributed by atoms with Crippen LogP contribution in [0.4, 0.5) is 13.2 Å². The minimum Gasteiger partial charge on any atom is -0.356 e. The van der Waals surface area contributed by atoms with Gasteiger partial charge in [-0.05, 0) is 56.2 Å². The number of rotatable bonds is 5. The summed E-state index contributed by atoms with van der Waals surface area (Å²) < 4.78 is 61.4. The number of hydrogen-bond acceptors (Lipinski definition) is 3. The molecule has 0 bridgehead atoms. The van der Waals surface area contributed by atoms with Crippen LogP contribution in [0.2, 0.25) is 0 Å². The Morgan fingerprint density at radius 1 is 1.14 bits per heavy atom. The predicted molar refractivity (Wildman–Crippen MR) is 108 cm³/mol. The highest BCUT2D eigenvalue weighted by atomic mass is 32.2. The lowest BCUT2D eigenvalue weighted by atomic mass is 9.98. The second kappa shape index (κ2) is 9.34. The van der Waals surface area contributed by atoms with Crippen molar-refractivity contribution in [2.45, 2.75) is 45.7 Å².